The Morgan fingerprint density at radius 3 is 2.79 bits per heavy atom. The molecule has 0 radical (unpaired) electrons. The number of aryl methyl sites for hydroxylation is 1. The fraction of sp³-hybridized carbons (Fsp3) is 0.520. The fourth-order valence-corrected chi connectivity index (χ4v) is 5.49. The Morgan fingerprint density at radius 1 is 1.24 bits per heavy atom. The summed E-state index contributed by atoms with van der Waals surface area (Å²) in [5, 5.41) is 14.3. The van der Waals surface area contributed by atoms with E-state index in [1.807, 2.05) is 6.92 Å². The Labute approximate surface area is 196 Å². The van der Waals surface area contributed by atoms with Crippen LogP contribution in [0.2, 0.25) is 0 Å². The molecule has 0 aliphatic carbocycles. The first-order valence-electron chi connectivity index (χ1n) is 12.0. The summed E-state index contributed by atoms with van der Waals surface area (Å²) in [7, 11) is 0. The summed E-state index contributed by atoms with van der Waals surface area (Å²) in [6, 6.07) is 4.55. The van der Waals surface area contributed by atoms with Crippen molar-refractivity contribution in [1.82, 2.24) is 19.6 Å². The molecular formula is C25H29FN4O4. The van der Waals surface area contributed by atoms with Gasteiger partial charge in [-0.3, -0.25) is 14.2 Å². The van der Waals surface area contributed by atoms with Gasteiger partial charge in [-0.05, 0) is 64.3 Å². The Balaban J connectivity index is 1.24. The highest BCUT2D eigenvalue weighted by molar-refractivity contribution is 5.79. The predicted octanol–water partition coefficient (Wildman–Crippen LogP) is 3.61. The number of carboxylic acids is 1. The third kappa shape index (κ3) is 4.36. The summed E-state index contributed by atoms with van der Waals surface area (Å²) in [4.78, 5) is 31.5. The lowest BCUT2D eigenvalue weighted by Gasteiger charge is -2.31. The fourth-order valence-electron chi connectivity index (χ4n) is 5.49. The van der Waals surface area contributed by atoms with Gasteiger partial charge in [-0.2, -0.15) is 0 Å². The molecule has 1 atom stereocenters. The molecule has 34 heavy (non-hydrogen) atoms. The quantitative estimate of drug-likeness (QED) is 0.590. The highest BCUT2D eigenvalue weighted by Gasteiger charge is 2.28. The molecule has 0 amide bonds. The first-order valence-corrected chi connectivity index (χ1v) is 12.0. The van der Waals surface area contributed by atoms with Crippen LogP contribution in [-0.4, -0.2) is 50.3 Å². The first kappa shape index (κ1) is 22.7. The van der Waals surface area contributed by atoms with Crippen molar-refractivity contribution >= 4 is 16.9 Å². The van der Waals surface area contributed by atoms with E-state index in [9.17, 15) is 19.1 Å². The van der Waals surface area contributed by atoms with Gasteiger partial charge in [0.25, 0.3) is 5.56 Å². The number of piperidine rings is 1. The van der Waals surface area contributed by atoms with Gasteiger partial charge < -0.3 is 14.5 Å². The van der Waals surface area contributed by atoms with Crippen LogP contribution in [-0.2, 0) is 17.8 Å². The normalized spacial score (nSPS) is 19.4. The van der Waals surface area contributed by atoms with Crippen LogP contribution in [0, 0.1) is 12.7 Å². The lowest BCUT2D eigenvalue weighted by molar-refractivity contribution is -0.137. The van der Waals surface area contributed by atoms with Crippen LogP contribution < -0.4 is 5.56 Å². The number of aliphatic carboxylic acids is 1. The molecule has 4 heterocycles. The molecule has 2 aliphatic rings. The number of halogens is 1. The van der Waals surface area contributed by atoms with E-state index in [0.29, 0.717) is 30.1 Å². The van der Waals surface area contributed by atoms with E-state index < -0.39 is 5.97 Å². The van der Waals surface area contributed by atoms with Crippen LogP contribution in [0.1, 0.15) is 66.7 Å². The molecule has 1 unspecified atom stereocenters. The third-order valence-electron chi connectivity index (χ3n) is 7.33. The number of likely N-dealkylation sites (tertiary alicyclic amines) is 1. The van der Waals surface area contributed by atoms with Crippen molar-refractivity contribution in [2.45, 2.75) is 63.8 Å². The molecule has 8 nitrogen and oxygen atoms in total. The van der Waals surface area contributed by atoms with Gasteiger partial charge in [0.1, 0.15) is 11.6 Å². The number of nitrogens with zero attached hydrogens (tertiary/aromatic N) is 4. The second-order valence-electron chi connectivity index (χ2n) is 9.50. The molecule has 0 bridgehead atoms. The number of carbonyl (C=O) groups is 1. The highest BCUT2D eigenvalue weighted by atomic mass is 19.1. The van der Waals surface area contributed by atoms with E-state index in [-0.39, 0.29) is 29.6 Å². The zero-order valence-corrected chi connectivity index (χ0v) is 19.3. The Bertz CT molecular complexity index is 1280. The summed E-state index contributed by atoms with van der Waals surface area (Å²) in [6.07, 6.45) is 4.04. The van der Waals surface area contributed by atoms with Gasteiger partial charge in [0.05, 0.1) is 12.1 Å². The van der Waals surface area contributed by atoms with Crippen LogP contribution in [0.5, 0.6) is 0 Å². The molecule has 1 aromatic carbocycles. The van der Waals surface area contributed by atoms with Gasteiger partial charge in [-0.15, -0.1) is 0 Å². The molecule has 0 saturated carbocycles. The lowest BCUT2D eigenvalue weighted by Crippen LogP contribution is -2.38. The smallest absolute Gasteiger partial charge is 0.304 e. The number of rotatable bonds is 6. The maximum Gasteiger partial charge on any atom is 0.304 e. The van der Waals surface area contributed by atoms with E-state index in [4.69, 9.17) is 4.52 Å². The van der Waals surface area contributed by atoms with E-state index in [1.165, 1.54) is 12.1 Å². The largest absolute Gasteiger partial charge is 0.481 e. The average Bonchev–Trinajstić information content (AvgIpc) is 3.22. The average molecular weight is 469 g/mol. The van der Waals surface area contributed by atoms with Crippen LogP contribution in [0.15, 0.2) is 27.5 Å². The molecule has 2 aromatic heterocycles. The Hall–Kier alpha value is -3.07. The monoisotopic (exact) mass is 468 g/mol. The van der Waals surface area contributed by atoms with Gasteiger partial charge in [0.2, 0.25) is 0 Å². The second-order valence-corrected chi connectivity index (χ2v) is 9.50. The van der Waals surface area contributed by atoms with Crippen molar-refractivity contribution in [3.05, 3.63) is 57.1 Å². The van der Waals surface area contributed by atoms with Gasteiger partial charge in [-0.25, -0.2) is 9.37 Å². The maximum absolute atomic E-state index is 13.4. The zero-order chi connectivity index (χ0) is 23.8. The molecule has 2 aliphatic heterocycles. The number of hydrogen-bond acceptors (Lipinski definition) is 6. The number of fused-ring (bicyclic) bond motifs is 2. The lowest BCUT2D eigenvalue weighted by atomic mass is 9.91. The molecule has 5 rings (SSSR count). The standard InChI is InChI=1S/C25H29FN4O4/c1-15-19(25(33)30-9-2-3-17(13-22(31)32)24(30)27-15)8-12-29-10-6-16(7-11-29)23-20-5-4-18(26)14-21(20)34-28-23/h4-5,14,16-17H,2-3,6-13H2,1H3,(H,31,32). The number of aromatic nitrogens is 3. The van der Waals surface area contributed by atoms with E-state index in [1.54, 1.807) is 10.6 Å². The Morgan fingerprint density at radius 2 is 2.03 bits per heavy atom. The highest BCUT2D eigenvalue weighted by Crippen LogP contribution is 2.33. The van der Waals surface area contributed by atoms with Crippen LogP contribution >= 0.6 is 0 Å². The van der Waals surface area contributed by atoms with Crippen LogP contribution in [0.3, 0.4) is 0 Å². The first-order chi connectivity index (χ1) is 16.4. The van der Waals surface area contributed by atoms with E-state index in [0.717, 1.165) is 62.0 Å². The minimum Gasteiger partial charge on any atom is -0.481 e. The summed E-state index contributed by atoms with van der Waals surface area (Å²) in [6.45, 7) is 5.01. The topological polar surface area (TPSA) is 101 Å². The van der Waals surface area contributed by atoms with Gasteiger partial charge in [0.15, 0.2) is 5.58 Å². The number of carboxylic acid groups (broad SMARTS) is 1. The molecular weight excluding hydrogens is 439 g/mol. The molecule has 3 aromatic rings. The van der Waals surface area contributed by atoms with Gasteiger partial charge in [0, 0.05) is 47.6 Å². The van der Waals surface area contributed by atoms with Crippen molar-refractivity contribution < 1.29 is 18.8 Å². The molecule has 1 saturated heterocycles. The van der Waals surface area contributed by atoms with Crippen molar-refractivity contribution in [2.24, 2.45) is 0 Å². The second kappa shape index (κ2) is 9.29. The summed E-state index contributed by atoms with van der Waals surface area (Å²) < 4.78 is 20.5. The molecule has 1 fully saturated rings. The van der Waals surface area contributed by atoms with Crippen molar-refractivity contribution in [2.75, 3.05) is 19.6 Å². The summed E-state index contributed by atoms with van der Waals surface area (Å²) in [5.74, 6) is -0.490. The molecule has 0 spiro atoms. The van der Waals surface area contributed by atoms with E-state index in [2.05, 4.69) is 15.0 Å². The zero-order valence-electron chi connectivity index (χ0n) is 19.3. The third-order valence-corrected chi connectivity index (χ3v) is 7.33. The molecule has 9 heteroatoms. The predicted molar refractivity (Wildman–Crippen MR) is 124 cm³/mol. The van der Waals surface area contributed by atoms with Crippen LogP contribution in [0.4, 0.5) is 4.39 Å². The van der Waals surface area contributed by atoms with Crippen molar-refractivity contribution in [3.63, 3.8) is 0 Å². The maximum atomic E-state index is 13.4. The van der Waals surface area contributed by atoms with Crippen molar-refractivity contribution in [1.29, 1.82) is 0 Å². The number of hydrogen-bond donors (Lipinski definition) is 1. The minimum absolute atomic E-state index is 0.00984. The van der Waals surface area contributed by atoms with Gasteiger partial charge in [-0.1, -0.05) is 5.16 Å². The summed E-state index contributed by atoms with van der Waals surface area (Å²) in [5.41, 5.74) is 2.81. The molecule has 1 N–H and O–H groups in total. The minimum atomic E-state index is -0.858. The van der Waals surface area contributed by atoms with E-state index >= 15 is 0 Å². The van der Waals surface area contributed by atoms with Crippen molar-refractivity contribution in [3.8, 4) is 0 Å². The molecule has 180 valence electrons. The Kier molecular flexibility index (Phi) is 6.20. The summed E-state index contributed by atoms with van der Waals surface area (Å²) >= 11 is 0. The number of benzene rings is 1. The SMILES string of the molecule is Cc1nc2n(c(=O)c1CCN1CCC(c3noc4cc(F)ccc34)CC1)CCCC2CC(=O)O. The van der Waals surface area contributed by atoms with Crippen LogP contribution in [0.25, 0.3) is 11.0 Å². The van der Waals surface area contributed by atoms with Gasteiger partial charge >= 0.3 is 5.97 Å².